The number of methoxy groups -OCH3 is 1. The predicted molar refractivity (Wildman–Crippen MR) is 110 cm³/mol. The fraction of sp³-hybridized carbons (Fsp3) is 0.273. The summed E-state index contributed by atoms with van der Waals surface area (Å²) in [5.74, 6) is 2.97. The van der Waals surface area contributed by atoms with Crippen LogP contribution in [0.3, 0.4) is 0 Å². The van der Waals surface area contributed by atoms with Gasteiger partial charge in [0.15, 0.2) is 16.7 Å². The van der Waals surface area contributed by atoms with E-state index in [1.165, 1.54) is 5.56 Å². The lowest BCUT2D eigenvalue weighted by atomic mass is 10.1. The third-order valence-corrected chi connectivity index (χ3v) is 4.96. The standard InChI is InChI=1S/C22H24N2O2S/c1-15(2)18-13-21(26-19-11-10-16(3)12-20(19)25-4)24-22(23-18)27-14-17-8-6-5-7-9-17/h5-13,15H,14H2,1-4H3. The van der Waals surface area contributed by atoms with E-state index in [-0.39, 0.29) is 5.92 Å². The highest BCUT2D eigenvalue weighted by Gasteiger charge is 2.12. The number of benzene rings is 2. The summed E-state index contributed by atoms with van der Waals surface area (Å²) in [7, 11) is 1.64. The van der Waals surface area contributed by atoms with Crippen LogP contribution in [0.1, 0.15) is 36.6 Å². The highest BCUT2D eigenvalue weighted by Crippen LogP contribution is 2.33. The first-order chi connectivity index (χ1) is 13.0. The summed E-state index contributed by atoms with van der Waals surface area (Å²) in [5.41, 5.74) is 3.31. The van der Waals surface area contributed by atoms with Crippen LogP contribution in [0.25, 0.3) is 0 Å². The molecule has 1 aromatic heterocycles. The van der Waals surface area contributed by atoms with Crippen LogP contribution in [0.2, 0.25) is 0 Å². The molecule has 0 N–H and O–H groups in total. The van der Waals surface area contributed by atoms with Crippen molar-refractivity contribution in [2.45, 2.75) is 37.6 Å². The molecule has 1 heterocycles. The Morgan fingerprint density at radius 1 is 0.963 bits per heavy atom. The first kappa shape index (κ1) is 19.2. The van der Waals surface area contributed by atoms with E-state index >= 15 is 0 Å². The molecule has 0 fully saturated rings. The first-order valence-electron chi connectivity index (χ1n) is 8.93. The fourth-order valence-electron chi connectivity index (χ4n) is 2.53. The van der Waals surface area contributed by atoms with E-state index in [0.29, 0.717) is 22.5 Å². The number of ether oxygens (including phenoxy) is 2. The van der Waals surface area contributed by atoms with Crippen molar-refractivity contribution in [1.29, 1.82) is 0 Å². The van der Waals surface area contributed by atoms with Crippen LogP contribution >= 0.6 is 11.8 Å². The van der Waals surface area contributed by atoms with Crippen molar-refractivity contribution in [1.82, 2.24) is 9.97 Å². The molecule has 0 aliphatic heterocycles. The zero-order valence-electron chi connectivity index (χ0n) is 16.1. The number of rotatable bonds is 7. The van der Waals surface area contributed by atoms with Crippen molar-refractivity contribution in [3.05, 3.63) is 71.4 Å². The van der Waals surface area contributed by atoms with Gasteiger partial charge in [0.25, 0.3) is 0 Å². The maximum Gasteiger partial charge on any atom is 0.223 e. The molecule has 0 aliphatic carbocycles. The molecule has 3 aromatic rings. The Kier molecular flexibility index (Phi) is 6.35. The van der Waals surface area contributed by atoms with E-state index in [9.17, 15) is 0 Å². The summed E-state index contributed by atoms with van der Waals surface area (Å²) < 4.78 is 11.5. The molecule has 5 heteroatoms. The Hall–Kier alpha value is -2.53. The lowest BCUT2D eigenvalue weighted by Crippen LogP contribution is -2.00. The summed E-state index contributed by atoms with van der Waals surface area (Å²) in [6.07, 6.45) is 0. The molecule has 0 bridgehead atoms. The average molecular weight is 381 g/mol. The summed E-state index contributed by atoms with van der Waals surface area (Å²) in [6, 6.07) is 18.1. The van der Waals surface area contributed by atoms with Gasteiger partial charge in [0.2, 0.25) is 5.88 Å². The van der Waals surface area contributed by atoms with Crippen molar-refractivity contribution in [2.75, 3.05) is 7.11 Å². The Morgan fingerprint density at radius 3 is 2.44 bits per heavy atom. The second-order valence-corrected chi connectivity index (χ2v) is 7.54. The predicted octanol–water partition coefficient (Wildman–Crippen LogP) is 6.00. The molecule has 0 atom stereocenters. The van der Waals surface area contributed by atoms with Gasteiger partial charge >= 0.3 is 0 Å². The summed E-state index contributed by atoms with van der Waals surface area (Å²) in [5, 5.41) is 0.714. The van der Waals surface area contributed by atoms with Gasteiger partial charge in [-0.25, -0.2) is 4.98 Å². The van der Waals surface area contributed by atoms with Crippen LogP contribution in [0.4, 0.5) is 0 Å². The molecule has 0 unspecified atom stereocenters. The summed E-state index contributed by atoms with van der Waals surface area (Å²) >= 11 is 1.61. The minimum absolute atomic E-state index is 0.284. The number of nitrogens with zero attached hydrogens (tertiary/aromatic N) is 2. The molecular weight excluding hydrogens is 356 g/mol. The smallest absolute Gasteiger partial charge is 0.223 e. The van der Waals surface area contributed by atoms with Gasteiger partial charge in [-0.1, -0.05) is 62.0 Å². The molecule has 4 nitrogen and oxygen atoms in total. The van der Waals surface area contributed by atoms with Gasteiger partial charge < -0.3 is 9.47 Å². The largest absolute Gasteiger partial charge is 0.493 e. The van der Waals surface area contributed by atoms with Gasteiger partial charge in [0.05, 0.1) is 12.8 Å². The minimum atomic E-state index is 0.284. The third kappa shape index (κ3) is 5.23. The minimum Gasteiger partial charge on any atom is -0.493 e. The molecule has 0 amide bonds. The molecule has 0 saturated heterocycles. The first-order valence-corrected chi connectivity index (χ1v) is 9.92. The zero-order valence-corrected chi connectivity index (χ0v) is 16.9. The van der Waals surface area contributed by atoms with Gasteiger partial charge in [-0.15, -0.1) is 0 Å². The van der Waals surface area contributed by atoms with Gasteiger partial charge in [0, 0.05) is 11.8 Å². The Labute approximate surface area is 165 Å². The van der Waals surface area contributed by atoms with E-state index in [1.807, 2.05) is 49.4 Å². The van der Waals surface area contributed by atoms with E-state index in [4.69, 9.17) is 9.47 Å². The molecule has 3 rings (SSSR count). The van der Waals surface area contributed by atoms with Crippen LogP contribution in [0.5, 0.6) is 17.4 Å². The van der Waals surface area contributed by atoms with E-state index < -0.39 is 0 Å². The molecule has 27 heavy (non-hydrogen) atoms. The van der Waals surface area contributed by atoms with E-state index in [2.05, 4.69) is 35.9 Å². The van der Waals surface area contributed by atoms with E-state index in [0.717, 1.165) is 17.0 Å². The molecule has 140 valence electrons. The molecule has 0 spiro atoms. The van der Waals surface area contributed by atoms with Crippen molar-refractivity contribution in [3.63, 3.8) is 0 Å². The molecule has 0 aliphatic rings. The lowest BCUT2D eigenvalue weighted by molar-refractivity contribution is 0.371. The quantitative estimate of drug-likeness (QED) is 0.371. The van der Waals surface area contributed by atoms with Crippen LogP contribution in [0, 0.1) is 6.92 Å². The van der Waals surface area contributed by atoms with Crippen molar-refractivity contribution >= 4 is 11.8 Å². The van der Waals surface area contributed by atoms with Crippen molar-refractivity contribution in [2.24, 2.45) is 0 Å². The number of aryl methyl sites for hydroxylation is 1. The molecule has 0 radical (unpaired) electrons. The number of hydrogen-bond donors (Lipinski definition) is 0. The Balaban J connectivity index is 1.85. The van der Waals surface area contributed by atoms with E-state index in [1.54, 1.807) is 18.9 Å². The summed E-state index contributed by atoms with van der Waals surface area (Å²) in [4.78, 5) is 9.28. The topological polar surface area (TPSA) is 44.2 Å². The highest BCUT2D eigenvalue weighted by molar-refractivity contribution is 7.98. The maximum atomic E-state index is 6.05. The van der Waals surface area contributed by atoms with Crippen molar-refractivity contribution < 1.29 is 9.47 Å². The van der Waals surface area contributed by atoms with Crippen LogP contribution in [-0.4, -0.2) is 17.1 Å². The molecule has 2 aromatic carbocycles. The number of thioether (sulfide) groups is 1. The zero-order chi connectivity index (χ0) is 19.2. The second-order valence-electron chi connectivity index (χ2n) is 6.60. The van der Waals surface area contributed by atoms with Crippen LogP contribution in [-0.2, 0) is 5.75 Å². The van der Waals surface area contributed by atoms with Crippen molar-refractivity contribution in [3.8, 4) is 17.4 Å². The average Bonchev–Trinajstić information content (AvgIpc) is 2.68. The maximum absolute atomic E-state index is 6.05. The number of aromatic nitrogens is 2. The van der Waals surface area contributed by atoms with Gasteiger partial charge in [-0.3, -0.25) is 0 Å². The summed E-state index contributed by atoms with van der Waals surface area (Å²) in [6.45, 7) is 6.25. The normalized spacial score (nSPS) is 10.9. The third-order valence-electron chi connectivity index (χ3n) is 4.04. The Morgan fingerprint density at radius 2 is 1.74 bits per heavy atom. The van der Waals surface area contributed by atoms with Gasteiger partial charge in [-0.2, -0.15) is 4.98 Å². The fourth-order valence-corrected chi connectivity index (χ4v) is 3.34. The second kappa shape index (κ2) is 8.91. The Bertz CT molecular complexity index is 898. The van der Waals surface area contributed by atoms with Gasteiger partial charge in [-0.05, 0) is 36.1 Å². The molecule has 0 saturated carbocycles. The highest BCUT2D eigenvalue weighted by atomic mass is 32.2. The van der Waals surface area contributed by atoms with Gasteiger partial charge in [0.1, 0.15) is 0 Å². The monoisotopic (exact) mass is 380 g/mol. The number of hydrogen-bond acceptors (Lipinski definition) is 5. The van der Waals surface area contributed by atoms with Crippen LogP contribution < -0.4 is 9.47 Å². The molecular formula is C22H24N2O2S. The van der Waals surface area contributed by atoms with Crippen LogP contribution in [0.15, 0.2) is 59.8 Å². The lowest BCUT2D eigenvalue weighted by Gasteiger charge is -2.13. The SMILES string of the molecule is COc1cc(C)ccc1Oc1cc(C(C)C)nc(SCc2ccccc2)n1.